The Morgan fingerprint density at radius 2 is 2.44 bits per heavy atom. The zero-order valence-electron chi connectivity index (χ0n) is 4.72. The Morgan fingerprint density at radius 1 is 1.89 bits per heavy atom. The van der Waals surface area contributed by atoms with Crippen LogP contribution in [-0.2, 0) is 4.79 Å². The summed E-state index contributed by atoms with van der Waals surface area (Å²) in [5.41, 5.74) is 0. The molecule has 0 aromatic rings. The van der Waals surface area contributed by atoms with E-state index in [1.165, 1.54) is 6.92 Å². The third-order valence-corrected chi connectivity index (χ3v) is 1.04. The molecule has 0 saturated heterocycles. The number of hydrogen-bond donors (Lipinski definition) is 2. The molecule has 0 rings (SSSR count). The molecule has 9 heavy (non-hydrogen) atoms. The molecule has 0 aromatic heterocycles. The Kier molecular flexibility index (Phi) is 4.61. The van der Waals surface area contributed by atoms with Crippen LogP contribution in [0.15, 0.2) is 11.9 Å². The van der Waals surface area contributed by atoms with Crippen LogP contribution in [0.5, 0.6) is 0 Å². The molecular weight excluding hydrogens is 161 g/mol. The van der Waals surface area contributed by atoms with Gasteiger partial charge in [0.1, 0.15) is 5.83 Å². The van der Waals surface area contributed by atoms with Gasteiger partial charge in [-0.1, -0.05) is 11.7 Å². The highest BCUT2D eigenvalue weighted by Crippen LogP contribution is 1.98. The minimum absolute atomic E-state index is 0.491. The average molecular weight is 167 g/mol. The lowest BCUT2D eigenvalue weighted by molar-refractivity contribution is -0.114. The molecule has 0 aromatic carbocycles. The lowest BCUT2D eigenvalue weighted by Gasteiger charge is -1.90. The van der Waals surface area contributed by atoms with Gasteiger partial charge in [-0.3, -0.25) is 9.52 Å². The summed E-state index contributed by atoms with van der Waals surface area (Å²) >= 11 is 3.62. The van der Waals surface area contributed by atoms with Gasteiger partial charge in [0.25, 0.3) is 5.91 Å². The molecule has 1 amide bonds. The van der Waals surface area contributed by atoms with Crippen molar-refractivity contribution >= 4 is 28.5 Å². The molecule has 2 nitrogen and oxygen atoms in total. The van der Waals surface area contributed by atoms with Crippen LogP contribution in [0.2, 0.25) is 0 Å². The van der Waals surface area contributed by atoms with Gasteiger partial charge in [-0.25, -0.2) is 4.39 Å². The highest BCUT2D eigenvalue weighted by atomic mass is 33.1. The third kappa shape index (κ3) is 5.72. The summed E-state index contributed by atoms with van der Waals surface area (Å²) in [6.07, 6.45) is 0.850. The molecule has 1 N–H and O–H groups in total. The number of allylic oxidation sites excluding steroid dienone is 1. The summed E-state index contributed by atoms with van der Waals surface area (Å²) in [5, 5.41) is 0. The molecule has 0 fully saturated rings. The molecule has 52 valence electrons. The van der Waals surface area contributed by atoms with Crippen molar-refractivity contribution in [2.24, 2.45) is 0 Å². The second-order valence-electron chi connectivity index (χ2n) is 1.29. The van der Waals surface area contributed by atoms with Gasteiger partial charge in [0.05, 0.1) is 0 Å². The second kappa shape index (κ2) is 4.69. The molecule has 0 radical (unpaired) electrons. The Hall–Kier alpha value is -0.160. The van der Waals surface area contributed by atoms with Crippen LogP contribution in [0.4, 0.5) is 4.39 Å². The summed E-state index contributed by atoms with van der Waals surface area (Å²) in [7, 11) is 0.835. The maximum Gasteiger partial charge on any atom is 0.257 e. The van der Waals surface area contributed by atoms with E-state index >= 15 is 0 Å². The van der Waals surface area contributed by atoms with E-state index in [1.807, 2.05) is 0 Å². The highest BCUT2D eigenvalue weighted by Gasteiger charge is 1.93. The van der Waals surface area contributed by atoms with Crippen LogP contribution in [-0.4, -0.2) is 5.91 Å². The number of carbonyl (C=O) groups is 1. The lowest BCUT2D eigenvalue weighted by Crippen LogP contribution is -2.10. The van der Waals surface area contributed by atoms with Crippen LogP contribution < -0.4 is 4.72 Å². The van der Waals surface area contributed by atoms with Gasteiger partial charge >= 0.3 is 0 Å². The van der Waals surface area contributed by atoms with Gasteiger partial charge in [-0.2, -0.15) is 0 Å². The smallest absolute Gasteiger partial charge is 0.257 e. The van der Waals surface area contributed by atoms with Crippen LogP contribution in [0.25, 0.3) is 0 Å². The standard InChI is InChI=1S/C4H6FNOS2/c1-3(5)2-4(7)6-9-8/h2,8H,1H3,(H,6,7)/b3-2+. The highest BCUT2D eigenvalue weighted by molar-refractivity contribution is 8.68. The van der Waals surface area contributed by atoms with Crippen molar-refractivity contribution in [2.75, 3.05) is 0 Å². The number of rotatable bonds is 2. The molecule has 0 unspecified atom stereocenters. The van der Waals surface area contributed by atoms with E-state index in [0.717, 1.165) is 17.1 Å². The normalized spacial score (nSPS) is 11.2. The Labute approximate surface area is 61.8 Å². The zero-order chi connectivity index (χ0) is 7.28. The number of hydrogen-bond acceptors (Lipinski definition) is 3. The van der Waals surface area contributed by atoms with E-state index in [0.29, 0.717) is 0 Å². The molecule has 0 heterocycles. The fourth-order valence-electron chi connectivity index (χ4n) is 0.255. The number of amides is 1. The largest absolute Gasteiger partial charge is 0.287 e. The van der Waals surface area contributed by atoms with Crippen molar-refractivity contribution < 1.29 is 9.18 Å². The van der Waals surface area contributed by atoms with E-state index in [-0.39, 0.29) is 0 Å². The maximum absolute atomic E-state index is 11.8. The lowest BCUT2D eigenvalue weighted by atomic mass is 10.5. The molecular formula is C4H6FNOS2. The van der Waals surface area contributed by atoms with Crippen LogP contribution in [0, 0.1) is 0 Å². The van der Waals surface area contributed by atoms with Crippen molar-refractivity contribution in [3.05, 3.63) is 11.9 Å². The van der Waals surface area contributed by atoms with E-state index in [4.69, 9.17) is 0 Å². The number of thiol groups is 1. The third-order valence-electron chi connectivity index (χ3n) is 0.476. The summed E-state index contributed by atoms with van der Waals surface area (Å²) in [6.45, 7) is 1.20. The predicted octanol–water partition coefficient (Wildman–Crippen LogP) is 1.47. The Bertz CT molecular complexity index is 133. The SMILES string of the molecule is C/C(F)=C\C(=O)NSS. The van der Waals surface area contributed by atoms with Gasteiger partial charge in [-0.15, -0.1) is 0 Å². The van der Waals surface area contributed by atoms with Gasteiger partial charge in [0, 0.05) is 17.1 Å². The van der Waals surface area contributed by atoms with E-state index in [2.05, 4.69) is 16.4 Å². The minimum Gasteiger partial charge on any atom is -0.287 e. The quantitative estimate of drug-likeness (QED) is 0.282. The molecule has 0 aliphatic carbocycles. The second-order valence-corrected chi connectivity index (χ2v) is 2.22. The monoisotopic (exact) mass is 167 g/mol. The molecule has 5 heteroatoms. The Balaban J connectivity index is 3.63. The van der Waals surface area contributed by atoms with Crippen molar-refractivity contribution in [3.8, 4) is 0 Å². The number of carbonyl (C=O) groups excluding carboxylic acids is 1. The predicted molar refractivity (Wildman–Crippen MR) is 39.6 cm³/mol. The maximum atomic E-state index is 11.8. The van der Waals surface area contributed by atoms with Crippen LogP contribution in [0.3, 0.4) is 0 Å². The Morgan fingerprint density at radius 3 is 2.78 bits per heavy atom. The zero-order valence-corrected chi connectivity index (χ0v) is 6.43. The molecule has 0 atom stereocenters. The van der Waals surface area contributed by atoms with Crippen LogP contribution >= 0.6 is 22.6 Å². The summed E-state index contributed by atoms with van der Waals surface area (Å²) in [6, 6.07) is 0. The van der Waals surface area contributed by atoms with E-state index in [1.54, 1.807) is 0 Å². The summed E-state index contributed by atoms with van der Waals surface area (Å²) in [4.78, 5) is 10.4. The summed E-state index contributed by atoms with van der Waals surface area (Å²) in [5.74, 6) is -1.01. The molecule has 0 spiro atoms. The first-order valence-corrected chi connectivity index (χ1v) is 3.98. The van der Waals surface area contributed by atoms with Gasteiger partial charge < -0.3 is 0 Å². The van der Waals surface area contributed by atoms with Crippen molar-refractivity contribution in [1.29, 1.82) is 0 Å². The fraction of sp³-hybridized carbons (Fsp3) is 0.250. The topological polar surface area (TPSA) is 29.1 Å². The van der Waals surface area contributed by atoms with Crippen molar-refractivity contribution in [1.82, 2.24) is 4.72 Å². The van der Waals surface area contributed by atoms with Crippen molar-refractivity contribution in [2.45, 2.75) is 6.92 Å². The minimum atomic E-state index is -0.519. The first kappa shape index (κ1) is 8.84. The fourth-order valence-corrected chi connectivity index (χ4v) is 0.674. The average Bonchev–Trinajstić information content (AvgIpc) is 1.63. The molecule has 0 aliphatic rings. The first-order valence-electron chi connectivity index (χ1n) is 2.11. The van der Waals surface area contributed by atoms with Gasteiger partial charge in [-0.05, 0) is 6.92 Å². The van der Waals surface area contributed by atoms with Crippen LogP contribution in [0.1, 0.15) is 6.92 Å². The molecule has 0 saturated carbocycles. The number of halogens is 1. The first-order chi connectivity index (χ1) is 4.16. The molecule has 0 bridgehead atoms. The number of nitrogens with one attached hydrogen (secondary N) is 1. The van der Waals surface area contributed by atoms with Crippen molar-refractivity contribution in [3.63, 3.8) is 0 Å². The molecule has 0 aliphatic heterocycles. The van der Waals surface area contributed by atoms with Gasteiger partial charge in [0.15, 0.2) is 0 Å². The van der Waals surface area contributed by atoms with E-state index in [9.17, 15) is 9.18 Å². The van der Waals surface area contributed by atoms with E-state index < -0.39 is 11.7 Å². The summed E-state index contributed by atoms with van der Waals surface area (Å²) < 4.78 is 14.0. The van der Waals surface area contributed by atoms with Gasteiger partial charge in [0.2, 0.25) is 0 Å².